The number of hydrogen-bond acceptors (Lipinski definition) is 3. The van der Waals surface area contributed by atoms with Gasteiger partial charge in [0.05, 0.1) is 3.79 Å². The van der Waals surface area contributed by atoms with Crippen LogP contribution in [-0.4, -0.2) is 38.3 Å². The van der Waals surface area contributed by atoms with Gasteiger partial charge < -0.3 is 9.33 Å². The maximum absolute atomic E-state index is 13.4. The van der Waals surface area contributed by atoms with Crippen LogP contribution in [0.15, 0.2) is 76.6 Å². The molecule has 1 saturated heterocycles. The average Bonchev–Trinajstić information content (AvgIpc) is 3.35. The van der Waals surface area contributed by atoms with E-state index in [9.17, 15) is 4.79 Å². The number of hydrogen-bond donors (Lipinski definition) is 0. The third-order valence-corrected chi connectivity index (χ3v) is 13.0. The van der Waals surface area contributed by atoms with Crippen molar-refractivity contribution in [1.29, 1.82) is 0 Å². The Kier molecular flexibility index (Phi) is 7.05. The van der Waals surface area contributed by atoms with Gasteiger partial charge in [-0.2, -0.15) is 0 Å². The van der Waals surface area contributed by atoms with Gasteiger partial charge in [0.1, 0.15) is 6.10 Å². The molecule has 1 aliphatic heterocycles. The second-order valence-electron chi connectivity index (χ2n) is 9.34. The first kappa shape index (κ1) is 23.4. The van der Waals surface area contributed by atoms with Gasteiger partial charge in [0.25, 0.3) is 14.2 Å². The Hall–Kier alpha value is -1.73. The normalized spacial score (nSPS) is 17.2. The number of rotatable bonds is 7. The van der Waals surface area contributed by atoms with Crippen molar-refractivity contribution in [3.63, 3.8) is 0 Å². The number of likely N-dealkylation sites (tertiary alicyclic amines) is 1. The first-order chi connectivity index (χ1) is 15.3. The number of thiophene rings is 1. The molecule has 1 aromatic heterocycles. The molecule has 32 heavy (non-hydrogen) atoms. The fourth-order valence-electron chi connectivity index (χ4n) is 4.68. The number of carbonyl (C=O) groups is 1. The van der Waals surface area contributed by atoms with E-state index < -0.39 is 14.4 Å². The fraction of sp³-hybridized carbons (Fsp3) is 0.346. The zero-order chi connectivity index (χ0) is 22.8. The molecule has 0 spiro atoms. The van der Waals surface area contributed by atoms with Gasteiger partial charge in [-0.05, 0) is 56.3 Å². The van der Waals surface area contributed by atoms with Crippen molar-refractivity contribution in [2.75, 3.05) is 13.1 Å². The highest BCUT2D eigenvalue weighted by atomic mass is 79.9. The van der Waals surface area contributed by atoms with Crippen molar-refractivity contribution in [3.8, 4) is 0 Å². The van der Waals surface area contributed by atoms with Gasteiger partial charge in [0.2, 0.25) is 0 Å². The van der Waals surface area contributed by atoms with Crippen molar-refractivity contribution in [2.24, 2.45) is 0 Å². The molecule has 3 aromatic rings. The van der Waals surface area contributed by atoms with Crippen molar-refractivity contribution >= 4 is 51.9 Å². The van der Waals surface area contributed by atoms with E-state index in [1.807, 2.05) is 17.0 Å². The van der Waals surface area contributed by atoms with Crippen LogP contribution in [0.1, 0.15) is 32.1 Å². The maximum Gasteiger partial charge on any atom is 0.262 e. The Morgan fingerprint density at radius 2 is 1.59 bits per heavy atom. The maximum atomic E-state index is 13.4. The predicted molar refractivity (Wildman–Crippen MR) is 139 cm³/mol. The summed E-state index contributed by atoms with van der Waals surface area (Å²) >= 11 is 5.26. The smallest absolute Gasteiger partial charge is 0.262 e. The van der Waals surface area contributed by atoms with E-state index in [1.165, 1.54) is 15.3 Å². The number of halogens is 1. The molecule has 1 aliphatic rings. The van der Waals surface area contributed by atoms with Gasteiger partial charge in [-0.3, -0.25) is 4.79 Å². The summed E-state index contributed by atoms with van der Waals surface area (Å²) in [7, 11) is -2.72. The van der Waals surface area contributed by atoms with E-state index in [-0.39, 0.29) is 10.9 Å². The van der Waals surface area contributed by atoms with E-state index in [1.54, 1.807) is 11.3 Å². The summed E-state index contributed by atoms with van der Waals surface area (Å²) in [4.78, 5) is 16.7. The molecule has 3 nitrogen and oxygen atoms in total. The van der Waals surface area contributed by atoms with Crippen molar-refractivity contribution < 1.29 is 9.22 Å². The zero-order valence-corrected chi connectivity index (χ0v) is 22.3. The number of benzene rings is 2. The lowest BCUT2D eigenvalue weighted by Crippen LogP contribution is -2.68. The minimum absolute atomic E-state index is 0.132. The van der Waals surface area contributed by atoms with Crippen LogP contribution in [0.2, 0.25) is 5.04 Å². The Balaban J connectivity index is 1.62. The number of nitrogens with zero attached hydrogens (tertiary/aromatic N) is 1. The van der Waals surface area contributed by atoms with Crippen LogP contribution in [0.5, 0.6) is 0 Å². The molecule has 1 unspecified atom stereocenters. The van der Waals surface area contributed by atoms with E-state index in [2.05, 4.69) is 97.4 Å². The number of amides is 1. The lowest BCUT2D eigenvalue weighted by Gasteiger charge is -2.44. The summed E-state index contributed by atoms with van der Waals surface area (Å²) < 4.78 is 8.21. The lowest BCUT2D eigenvalue weighted by molar-refractivity contribution is -0.133. The van der Waals surface area contributed by atoms with Crippen LogP contribution >= 0.6 is 27.3 Å². The van der Waals surface area contributed by atoms with E-state index in [0.29, 0.717) is 0 Å². The standard InChI is InChI=1S/C26H30BrNO2SSi/c1-26(2,3)32(21-10-6-4-7-11-21,22-12-8-5-9-13-22)30-23-17-19-28(25(23)29)18-16-20-14-15-24(27)31-20/h4-15,23H,16-19H2,1-3H3. The summed E-state index contributed by atoms with van der Waals surface area (Å²) in [5.74, 6) is 0.133. The molecule has 4 rings (SSSR count). The number of carbonyl (C=O) groups excluding carboxylic acids is 1. The first-order valence-corrected chi connectivity index (χ1v) is 14.6. The van der Waals surface area contributed by atoms with Crippen molar-refractivity contribution in [3.05, 3.63) is 81.5 Å². The van der Waals surface area contributed by atoms with Crippen LogP contribution in [0.3, 0.4) is 0 Å². The Bertz CT molecular complexity index is 1010. The molecule has 2 heterocycles. The summed E-state index contributed by atoms with van der Waals surface area (Å²) in [6, 6.07) is 25.3. The highest BCUT2D eigenvalue weighted by Gasteiger charge is 2.53. The summed E-state index contributed by atoms with van der Waals surface area (Å²) in [5, 5.41) is 2.30. The second-order valence-corrected chi connectivity index (χ2v) is 16.1. The second kappa shape index (κ2) is 9.63. The first-order valence-electron chi connectivity index (χ1n) is 11.1. The molecule has 1 atom stereocenters. The molecule has 0 aliphatic carbocycles. The topological polar surface area (TPSA) is 29.5 Å². The monoisotopic (exact) mass is 527 g/mol. The summed E-state index contributed by atoms with van der Waals surface area (Å²) in [6.07, 6.45) is 1.24. The SMILES string of the molecule is CC(C)(C)[Si](OC1CCN(CCc2ccc(Br)s2)C1=O)(c1ccccc1)c1ccccc1. The Morgan fingerprint density at radius 1 is 1.00 bits per heavy atom. The predicted octanol–water partition coefficient (Wildman–Crippen LogP) is 5.23. The molecule has 0 N–H and O–H groups in total. The fourth-order valence-corrected chi connectivity index (χ4v) is 10.8. The van der Waals surface area contributed by atoms with Crippen LogP contribution < -0.4 is 10.4 Å². The molecular weight excluding hydrogens is 498 g/mol. The van der Waals surface area contributed by atoms with Crippen molar-refractivity contribution in [1.82, 2.24) is 4.90 Å². The van der Waals surface area contributed by atoms with Crippen LogP contribution in [0, 0.1) is 0 Å². The molecule has 0 bridgehead atoms. The molecule has 1 fully saturated rings. The lowest BCUT2D eigenvalue weighted by atomic mass is 10.2. The van der Waals surface area contributed by atoms with E-state index >= 15 is 0 Å². The molecular formula is C26H30BrNO2SSi. The van der Waals surface area contributed by atoms with Gasteiger partial charge in [-0.25, -0.2) is 0 Å². The molecule has 0 saturated carbocycles. The summed E-state index contributed by atoms with van der Waals surface area (Å²) in [6.45, 7) is 8.27. The molecule has 2 aromatic carbocycles. The van der Waals surface area contributed by atoms with E-state index in [0.717, 1.165) is 29.7 Å². The van der Waals surface area contributed by atoms with Gasteiger partial charge in [-0.1, -0.05) is 81.4 Å². The zero-order valence-electron chi connectivity index (χ0n) is 18.9. The Morgan fingerprint density at radius 3 is 2.09 bits per heavy atom. The average molecular weight is 529 g/mol. The highest BCUT2D eigenvalue weighted by Crippen LogP contribution is 2.38. The van der Waals surface area contributed by atoms with E-state index in [4.69, 9.17) is 4.43 Å². The Labute approximate surface area is 204 Å². The van der Waals surface area contributed by atoms with Crippen LogP contribution in [-0.2, 0) is 15.6 Å². The van der Waals surface area contributed by atoms with Gasteiger partial charge in [-0.15, -0.1) is 11.3 Å². The van der Waals surface area contributed by atoms with Gasteiger partial charge in [0.15, 0.2) is 0 Å². The molecule has 0 radical (unpaired) electrons. The third kappa shape index (κ3) is 4.64. The molecule has 1 amide bonds. The largest absolute Gasteiger partial charge is 0.395 e. The van der Waals surface area contributed by atoms with Crippen LogP contribution in [0.25, 0.3) is 0 Å². The van der Waals surface area contributed by atoms with Crippen LogP contribution in [0.4, 0.5) is 0 Å². The molecule has 6 heteroatoms. The van der Waals surface area contributed by atoms with Gasteiger partial charge in [0, 0.05) is 18.0 Å². The van der Waals surface area contributed by atoms with Gasteiger partial charge >= 0.3 is 0 Å². The highest BCUT2D eigenvalue weighted by molar-refractivity contribution is 9.11. The third-order valence-electron chi connectivity index (χ3n) is 6.24. The molecule has 168 valence electrons. The quantitative estimate of drug-likeness (QED) is 0.393. The minimum Gasteiger partial charge on any atom is -0.395 e. The van der Waals surface area contributed by atoms with Crippen molar-refractivity contribution in [2.45, 2.75) is 44.8 Å². The summed E-state index contributed by atoms with van der Waals surface area (Å²) in [5.41, 5.74) is 0. The minimum atomic E-state index is -2.72.